The lowest BCUT2D eigenvalue weighted by Gasteiger charge is -2.02. The second kappa shape index (κ2) is 4.94. The average Bonchev–Trinajstić information content (AvgIpc) is 2.77. The Balaban J connectivity index is 1.95. The minimum atomic E-state index is -0.482. The van der Waals surface area contributed by atoms with E-state index in [-0.39, 0.29) is 10.7 Å². The molecule has 100 valence electrons. The van der Waals surface area contributed by atoms with Crippen molar-refractivity contribution >= 4 is 28.7 Å². The summed E-state index contributed by atoms with van der Waals surface area (Å²) in [6, 6.07) is 11.0. The Bertz CT molecular complexity index is 800. The van der Waals surface area contributed by atoms with Gasteiger partial charge in [0.25, 0.3) is 5.91 Å². The SMILES string of the molecule is O=C(Nc1cccc(F)c1)c1nn2ccccc2c1Cl. The molecule has 3 rings (SSSR count). The van der Waals surface area contributed by atoms with Gasteiger partial charge in [-0.25, -0.2) is 8.91 Å². The van der Waals surface area contributed by atoms with Gasteiger partial charge < -0.3 is 5.32 Å². The third kappa shape index (κ3) is 2.23. The Labute approximate surface area is 118 Å². The molecule has 0 unspecified atom stereocenters. The maximum atomic E-state index is 13.1. The molecule has 0 fully saturated rings. The summed E-state index contributed by atoms with van der Waals surface area (Å²) in [6.45, 7) is 0. The van der Waals surface area contributed by atoms with Gasteiger partial charge >= 0.3 is 0 Å². The van der Waals surface area contributed by atoms with Crippen LogP contribution in [0.1, 0.15) is 10.5 Å². The van der Waals surface area contributed by atoms with Crippen LogP contribution in [0.3, 0.4) is 0 Å². The van der Waals surface area contributed by atoms with Crippen LogP contribution in [-0.4, -0.2) is 15.5 Å². The van der Waals surface area contributed by atoms with E-state index < -0.39 is 11.7 Å². The number of amides is 1. The number of carbonyl (C=O) groups excluding carboxylic acids is 1. The Kier molecular flexibility index (Phi) is 3.12. The first-order valence-electron chi connectivity index (χ1n) is 5.85. The lowest BCUT2D eigenvalue weighted by atomic mass is 10.3. The number of aromatic nitrogens is 2. The highest BCUT2D eigenvalue weighted by Crippen LogP contribution is 2.22. The molecule has 0 saturated heterocycles. The number of fused-ring (bicyclic) bond motifs is 1. The average molecular weight is 290 g/mol. The van der Waals surface area contributed by atoms with Crippen LogP contribution in [0.25, 0.3) is 5.52 Å². The second-order valence-electron chi connectivity index (χ2n) is 4.16. The molecule has 0 radical (unpaired) electrons. The number of hydrogen-bond donors (Lipinski definition) is 1. The number of nitrogens with zero attached hydrogens (tertiary/aromatic N) is 2. The van der Waals surface area contributed by atoms with E-state index in [0.29, 0.717) is 11.2 Å². The molecule has 1 N–H and O–H groups in total. The quantitative estimate of drug-likeness (QED) is 0.786. The summed E-state index contributed by atoms with van der Waals surface area (Å²) in [5, 5.41) is 6.93. The Morgan fingerprint density at radius 2 is 2.10 bits per heavy atom. The van der Waals surface area contributed by atoms with E-state index in [4.69, 9.17) is 11.6 Å². The summed E-state index contributed by atoms with van der Waals surface area (Å²) in [7, 11) is 0. The monoisotopic (exact) mass is 289 g/mol. The van der Waals surface area contributed by atoms with Crippen molar-refractivity contribution in [3.8, 4) is 0 Å². The lowest BCUT2D eigenvalue weighted by Crippen LogP contribution is -2.13. The van der Waals surface area contributed by atoms with Gasteiger partial charge in [-0.1, -0.05) is 23.7 Å². The number of nitrogens with one attached hydrogen (secondary N) is 1. The molecule has 3 aromatic rings. The van der Waals surface area contributed by atoms with Gasteiger partial charge in [0.1, 0.15) is 5.82 Å². The predicted octanol–water partition coefficient (Wildman–Crippen LogP) is 3.38. The van der Waals surface area contributed by atoms with Crippen molar-refractivity contribution in [2.75, 3.05) is 5.32 Å². The zero-order valence-corrected chi connectivity index (χ0v) is 10.9. The molecule has 0 aliphatic rings. The molecule has 0 saturated carbocycles. The summed E-state index contributed by atoms with van der Waals surface area (Å²) in [4.78, 5) is 12.1. The van der Waals surface area contributed by atoms with Crippen molar-refractivity contribution in [1.29, 1.82) is 0 Å². The van der Waals surface area contributed by atoms with Gasteiger partial charge in [-0.05, 0) is 30.3 Å². The topological polar surface area (TPSA) is 46.4 Å². The summed E-state index contributed by atoms with van der Waals surface area (Å²) in [5.41, 5.74) is 1.09. The van der Waals surface area contributed by atoms with Crippen molar-refractivity contribution in [3.05, 3.63) is 65.2 Å². The molecule has 6 heteroatoms. The highest BCUT2D eigenvalue weighted by Gasteiger charge is 2.17. The first-order valence-corrected chi connectivity index (χ1v) is 6.23. The third-order valence-electron chi connectivity index (χ3n) is 2.78. The van der Waals surface area contributed by atoms with Gasteiger partial charge in [-0.2, -0.15) is 5.10 Å². The van der Waals surface area contributed by atoms with Crippen molar-refractivity contribution in [2.24, 2.45) is 0 Å². The zero-order chi connectivity index (χ0) is 14.1. The molecular weight excluding hydrogens is 281 g/mol. The van der Waals surface area contributed by atoms with Crippen molar-refractivity contribution in [3.63, 3.8) is 0 Å². The van der Waals surface area contributed by atoms with E-state index in [0.717, 1.165) is 0 Å². The van der Waals surface area contributed by atoms with Crippen LogP contribution in [0, 0.1) is 5.82 Å². The first kappa shape index (κ1) is 12.6. The van der Waals surface area contributed by atoms with Gasteiger partial charge in [0.15, 0.2) is 5.69 Å². The largest absolute Gasteiger partial charge is 0.320 e. The minimum Gasteiger partial charge on any atom is -0.320 e. The van der Waals surface area contributed by atoms with Crippen LogP contribution in [-0.2, 0) is 0 Å². The maximum absolute atomic E-state index is 13.1. The molecule has 0 bridgehead atoms. The van der Waals surface area contributed by atoms with Crippen LogP contribution in [0.4, 0.5) is 10.1 Å². The van der Waals surface area contributed by atoms with Crippen molar-refractivity contribution in [2.45, 2.75) is 0 Å². The maximum Gasteiger partial charge on any atom is 0.277 e. The number of rotatable bonds is 2. The van der Waals surface area contributed by atoms with Crippen LogP contribution in [0.15, 0.2) is 48.7 Å². The molecule has 0 spiro atoms. The fourth-order valence-corrected chi connectivity index (χ4v) is 2.14. The molecule has 2 aromatic heterocycles. The smallest absolute Gasteiger partial charge is 0.277 e. The minimum absolute atomic E-state index is 0.0992. The zero-order valence-electron chi connectivity index (χ0n) is 10.2. The highest BCUT2D eigenvalue weighted by atomic mass is 35.5. The molecule has 20 heavy (non-hydrogen) atoms. The van der Waals surface area contributed by atoms with Gasteiger partial charge in [-0.3, -0.25) is 4.79 Å². The lowest BCUT2D eigenvalue weighted by molar-refractivity contribution is 0.102. The number of anilines is 1. The molecule has 1 amide bonds. The number of pyridine rings is 1. The molecule has 0 aliphatic carbocycles. The summed E-state index contributed by atoms with van der Waals surface area (Å²) < 4.78 is 14.6. The van der Waals surface area contributed by atoms with Gasteiger partial charge in [0, 0.05) is 11.9 Å². The van der Waals surface area contributed by atoms with Gasteiger partial charge in [0.2, 0.25) is 0 Å². The van der Waals surface area contributed by atoms with Crippen LogP contribution in [0.2, 0.25) is 5.02 Å². The van der Waals surface area contributed by atoms with E-state index in [1.807, 2.05) is 0 Å². The third-order valence-corrected chi connectivity index (χ3v) is 3.15. The number of carbonyl (C=O) groups is 1. The van der Waals surface area contributed by atoms with Crippen LogP contribution in [0.5, 0.6) is 0 Å². The van der Waals surface area contributed by atoms with Crippen molar-refractivity contribution < 1.29 is 9.18 Å². The van der Waals surface area contributed by atoms with Crippen LogP contribution >= 0.6 is 11.6 Å². The van der Waals surface area contributed by atoms with Crippen LogP contribution < -0.4 is 5.32 Å². The molecule has 4 nitrogen and oxygen atoms in total. The van der Waals surface area contributed by atoms with E-state index in [9.17, 15) is 9.18 Å². The van der Waals surface area contributed by atoms with E-state index >= 15 is 0 Å². The van der Waals surface area contributed by atoms with E-state index in [1.54, 1.807) is 30.5 Å². The number of halogens is 2. The number of hydrogen-bond acceptors (Lipinski definition) is 2. The van der Waals surface area contributed by atoms with Gasteiger partial charge in [0.05, 0.1) is 10.5 Å². The van der Waals surface area contributed by atoms with Gasteiger partial charge in [-0.15, -0.1) is 0 Å². The molecule has 0 atom stereocenters. The fourth-order valence-electron chi connectivity index (χ4n) is 1.87. The Morgan fingerprint density at radius 1 is 1.25 bits per heavy atom. The fraction of sp³-hybridized carbons (Fsp3) is 0. The standard InChI is InChI=1S/C14H9ClFN3O/c15-12-11-6-1-2-7-19(11)18-13(12)14(20)17-10-5-3-4-9(16)8-10/h1-8H,(H,17,20). The Hall–Kier alpha value is -2.40. The summed E-state index contributed by atoms with van der Waals surface area (Å²) in [5.74, 6) is -0.909. The first-order chi connectivity index (χ1) is 9.65. The van der Waals surface area contributed by atoms with E-state index in [2.05, 4.69) is 10.4 Å². The molecule has 1 aromatic carbocycles. The number of benzene rings is 1. The van der Waals surface area contributed by atoms with Crippen molar-refractivity contribution in [1.82, 2.24) is 9.61 Å². The normalized spacial score (nSPS) is 10.7. The molecular formula is C14H9ClFN3O. The summed E-state index contributed by atoms with van der Waals surface area (Å²) in [6.07, 6.45) is 1.69. The second-order valence-corrected chi connectivity index (χ2v) is 4.54. The Morgan fingerprint density at radius 3 is 2.85 bits per heavy atom. The highest BCUT2D eigenvalue weighted by molar-refractivity contribution is 6.37. The summed E-state index contributed by atoms with van der Waals surface area (Å²) >= 11 is 6.13. The molecule has 0 aliphatic heterocycles. The predicted molar refractivity (Wildman–Crippen MR) is 74.6 cm³/mol. The molecule has 2 heterocycles. The van der Waals surface area contributed by atoms with E-state index in [1.165, 1.54) is 22.7 Å².